The fourth-order valence-electron chi connectivity index (χ4n) is 3.29. The van der Waals surface area contributed by atoms with Crippen molar-refractivity contribution in [3.05, 3.63) is 71.3 Å². The van der Waals surface area contributed by atoms with Gasteiger partial charge in [-0.05, 0) is 31.4 Å². The van der Waals surface area contributed by atoms with E-state index in [-0.39, 0.29) is 24.0 Å². The number of carbonyl (C=O) groups is 2. The van der Waals surface area contributed by atoms with Crippen molar-refractivity contribution in [3.63, 3.8) is 0 Å². The SMILES string of the molecule is CC(=O)N[C@H]1c2ccccc2C(=O)N1[C@H](C)CCc1ccccc1. The van der Waals surface area contributed by atoms with E-state index in [1.807, 2.05) is 49.4 Å². The second-order valence-electron chi connectivity index (χ2n) is 6.28. The number of amides is 2. The summed E-state index contributed by atoms with van der Waals surface area (Å²) in [5.74, 6) is -0.144. The van der Waals surface area contributed by atoms with Crippen LogP contribution in [0.1, 0.15) is 47.9 Å². The molecular weight excluding hydrogens is 300 g/mol. The van der Waals surface area contributed by atoms with Crippen molar-refractivity contribution in [2.45, 2.75) is 38.9 Å². The van der Waals surface area contributed by atoms with Crippen LogP contribution in [0.3, 0.4) is 0 Å². The quantitative estimate of drug-likeness (QED) is 0.918. The normalized spacial score (nSPS) is 17.5. The van der Waals surface area contributed by atoms with Crippen molar-refractivity contribution < 1.29 is 9.59 Å². The van der Waals surface area contributed by atoms with Gasteiger partial charge in [0.2, 0.25) is 5.91 Å². The molecule has 124 valence electrons. The third-order valence-electron chi connectivity index (χ3n) is 4.51. The van der Waals surface area contributed by atoms with Crippen LogP contribution in [0.25, 0.3) is 0 Å². The molecule has 0 saturated carbocycles. The molecule has 24 heavy (non-hydrogen) atoms. The monoisotopic (exact) mass is 322 g/mol. The molecule has 0 unspecified atom stereocenters. The zero-order chi connectivity index (χ0) is 17.1. The van der Waals surface area contributed by atoms with E-state index in [0.29, 0.717) is 5.56 Å². The number of nitrogens with zero attached hydrogens (tertiary/aromatic N) is 1. The van der Waals surface area contributed by atoms with Gasteiger partial charge in [0, 0.05) is 24.1 Å². The number of hydrogen-bond donors (Lipinski definition) is 1. The Hall–Kier alpha value is -2.62. The topological polar surface area (TPSA) is 49.4 Å². The van der Waals surface area contributed by atoms with Crippen LogP contribution in [0.15, 0.2) is 54.6 Å². The van der Waals surface area contributed by atoms with Crippen LogP contribution in [0.2, 0.25) is 0 Å². The lowest BCUT2D eigenvalue weighted by Crippen LogP contribution is -2.43. The molecule has 0 bridgehead atoms. The molecule has 4 heteroatoms. The van der Waals surface area contributed by atoms with E-state index in [9.17, 15) is 9.59 Å². The third kappa shape index (κ3) is 3.18. The molecule has 0 aliphatic carbocycles. The summed E-state index contributed by atoms with van der Waals surface area (Å²) in [7, 11) is 0. The Morgan fingerprint density at radius 2 is 1.79 bits per heavy atom. The number of fused-ring (bicyclic) bond motifs is 1. The fraction of sp³-hybridized carbons (Fsp3) is 0.300. The van der Waals surface area contributed by atoms with Crippen LogP contribution in [0.5, 0.6) is 0 Å². The van der Waals surface area contributed by atoms with Gasteiger partial charge in [-0.25, -0.2) is 0 Å². The van der Waals surface area contributed by atoms with Crippen LogP contribution in [-0.4, -0.2) is 22.8 Å². The van der Waals surface area contributed by atoms with Crippen molar-refractivity contribution in [1.82, 2.24) is 10.2 Å². The predicted octanol–water partition coefficient (Wildman–Crippen LogP) is 3.30. The van der Waals surface area contributed by atoms with Crippen molar-refractivity contribution >= 4 is 11.8 Å². The summed E-state index contributed by atoms with van der Waals surface area (Å²) in [4.78, 5) is 26.2. The van der Waals surface area contributed by atoms with Crippen LogP contribution >= 0.6 is 0 Å². The summed E-state index contributed by atoms with van der Waals surface area (Å²) >= 11 is 0. The second-order valence-corrected chi connectivity index (χ2v) is 6.28. The van der Waals surface area contributed by atoms with Crippen LogP contribution < -0.4 is 5.32 Å². The molecular formula is C20H22N2O2. The maximum Gasteiger partial charge on any atom is 0.256 e. The second kappa shape index (κ2) is 6.87. The first-order valence-corrected chi connectivity index (χ1v) is 8.30. The Morgan fingerprint density at radius 1 is 1.12 bits per heavy atom. The van der Waals surface area contributed by atoms with Gasteiger partial charge in [0.05, 0.1) is 0 Å². The standard InChI is InChI=1S/C20H22N2O2/c1-14(12-13-16-8-4-3-5-9-16)22-19(21-15(2)23)17-10-6-7-11-18(17)20(22)24/h3-11,14,19H,12-13H2,1-2H3,(H,21,23)/t14-,19-/m1/s1. The number of rotatable bonds is 5. The number of nitrogens with one attached hydrogen (secondary N) is 1. The molecule has 1 aliphatic heterocycles. The summed E-state index contributed by atoms with van der Waals surface area (Å²) in [6, 6.07) is 17.8. The Morgan fingerprint density at radius 3 is 2.50 bits per heavy atom. The lowest BCUT2D eigenvalue weighted by Gasteiger charge is -2.31. The van der Waals surface area contributed by atoms with Crippen molar-refractivity contribution in [3.8, 4) is 0 Å². The maximum atomic E-state index is 12.8. The van der Waals surface area contributed by atoms with E-state index in [0.717, 1.165) is 18.4 Å². The van der Waals surface area contributed by atoms with E-state index in [1.54, 1.807) is 4.90 Å². The molecule has 2 aromatic carbocycles. The van der Waals surface area contributed by atoms with E-state index >= 15 is 0 Å². The van der Waals surface area contributed by atoms with Gasteiger partial charge >= 0.3 is 0 Å². The molecule has 4 nitrogen and oxygen atoms in total. The minimum absolute atomic E-state index is 0.00934. The molecule has 2 atom stereocenters. The number of carbonyl (C=O) groups excluding carboxylic acids is 2. The average molecular weight is 322 g/mol. The van der Waals surface area contributed by atoms with Crippen LogP contribution in [0.4, 0.5) is 0 Å². The first kappa shape index (κ1) is 16.2. The summed E-state index contributed by atoms with van der Waals surface area (Å²) in [6.45, 7) is 3.53. The zero-order valence-corrected chi connectivity index (χ0v) is 14.0. The number of benzene rings is 2. The molecule has 2 aromatic rings. The van der Waals surface area contributed by atoms with E-state index in [1.165, 1.54) is 12.5 Å². The highest BCUT2D eigenvalue weighted by atomic mass is 16.2. The summed E-state index contributed by atoms with van der Waals surface area (Å²) in [5.41, 5.74) is 2.82. The summed E-state index contributed by atoms with van der Waals surface area (Å²) < 4.78 is 0. The van der Waals surface area contributed by atoms with Gasteiger partial charge in [0.1, 0.15) is 6.17 Å². The zero-order valence-electron chi connectivity index (χ0n) is 14.0. The van der Waals surface area contributed by atoms with Gasteiger partial charge in [-0.3, -0.25) is 9.59 Å². The Bertz CT molecular complexity index is 742. The van der Waals surface area contributed by atoms with Crippen LogP contribution in [-0.2, 0) is 11.2 Å². The van der Waals surface area contributed by atoms with E-state index < -0.39 is 0 Å². The summed E-state index contributed by atoms with van der Waals surface area (Å²) in [6.07, 6.45) is 1.37. The number of aryl methyl sites for hydroxylation is 1. The molecule has 1 heterocycles. The first-order chi connectivity index (χ1) is 11.6. The Kier molecular flexibility index (Phi) is 4.65. The molecule has 0 aromatic heterocycles. The van der Waals surface area contributed by atoms with Gasteiger partial charge in [-0.1, -0.05) is 48.5 Å². The predicted molar refractivity (Wildman–Crippen MR) is 93.4 cm³/mol. The lowest BCUT2D eigenvalue weighted by molar-refractivity contribution is -0.120. The molecule has 1 N–H and O–H groups in total. The average Bonchev–Trinajstić information content (AvgIpc) is 2.86. The fourth-order valence-corrected chi connectivity index (χ4v) is 3.29. The van der Waals surface area contributed by atoms with Gasteiger partial charge in [0.15, 0.2) is 0 Å². The Labute approximate surface area is 142 Å². The molecule has 0 saturated heterocycles. The molecule has 3 rings (SSSR count). The largest absolute Gasteiger partial charge is 0.332 e. The van der Waals surface area contributed by atoms with E-state index in [2.05, 4.69) is 17.4 Å². The first-order valence-electron chi connectivity index (χ1n) is 8.30. The van der Waals surface area contributed by atoms with Crippen molar-refractivity contribution in [2.24, 2.45) is 0 Å². The summed E-state index contributed by atoms with van der Waals surface area (Å²) in [5, 5.41) is 2.92. The minimum atomic E-state index is -0.378. The van der Waals surface area contributed by atoms with Gasteiger partial charge in [0.25, 0.3) is 5.91 Å². The lowest BCUT2D eigenvalue weighted by atomic mass is 10.0. The molecule has 1 aliphatic rings. The van der Waals surface area contributed by atoms with Gasteiger partial charge in [-0.2, -0.15) is 0 Å². The maximum absolute atomic E-state index is 12.8. The highest BCUT2D eigenvalue weighted by Gasteiger charge is 2.39. The van der Waals surface area contributed by atoms with E-state index in [4.69, 9.17) is 0 Å². The van der Waals surface area contributed by atoms with Crippen molar-refractivity contribution in [1.29, 1.82) is 0 Å². The van der Waals surface area contributed by atoms with Gasteiger partial charge < -0.3 is 10.2 Å². The van der Waals surface area contributed by atoms with Gasteiger partial charge in [-0.15, -0.1) is 0 Å². The number of hydrogen-bond acceptors (Lipinski definition) is 2. The Balaban J connectivity index is 1.80. The van der Waals surface area contributed by atoms with Crippen LogP contribution in [0, 0.1) is 0 Å². The minimum Gasteiger partial charge on any atom is -0.332 e. The third-order valence-corrected chi connectivity index (χ3v) is 4.51. The molecule has 2 amide bonds. The smallest absolute Gasteiger partial charge is 0.256 e. The highest BCUT2D eigenvalue weighted by molar-refractivity contribution is 5.99. The molecule has 0 radical (unpaired) electrons. The molecule has 0 spiro atoms. The van der Waals surface area contributed by atoms with Crippen molar-refractivity contribution in [2.75, 3.05) is 0 Å². The molecule has 0 fully saturated rings. The highest BCUT2D eigenvalue weighted by Crippen LogP contribution is 2.34.